The predicted octanol–water partition coefficient (Wildman–Crippen LogP) is 2.46. The number of aromatic hydroxyl groups is 1. The van der Waals surface area contributed by atoms with Gasteiger partial charge in [-0.05, 0) is 49.8 Å². The fraction of sp³-hybridized carbons (Fsp3) is 0.462. The molecule has 3 heteroatoms. The smallest absolute Gasteiger partial charge is 0.310 e. The van der Waals surface area contributed by atoms with Crippen LogP contribution in [0.4, 0.5) is 0 Å². The third-order valence-corrected chi connectivity index (χ3v) is 3.33. The summed E-state index contributed by atoms with van der Waals surface area (Å²) in [7, 11) is 0. The molecule has 1 aliphatic rings. The van der Waals surface area contributed by atoms with Gasteiger partial charge in [-0.3, -0.25) is 4.79 Å². The molecule has 1 aliphatic carbocycles. The second-order valence-corrected chi connectivity index (χ2v) is 4.45. The van der Waals surface area contributed by atoms with E-state index in [-0.39, 0.29) is 5.75 Å². The van der Waals surface area contributed by atoms with E-state index in [1.807, 2.05) is 6.07 Å². The van der Waals surface area contributed by atoms with Crippen molar-refractivity contribution in [2.45, 2.75) is 38.5 Å². The lowest BCUT2D eigenvalue weighted by Crippen LogP contribution is -2.10. The summed E-state index contributed by atoms with van der Waals surface area (Å²) in [5.41, 5.74) is 2.91. The number of carboxylic acids is 1. The van der Waals surface area contributed by atoms with E-state index < -0.39 is 11.9 Å². The lowest BCUT2D eigenvalue weighted by Gasteiger charge is -2.19. The number of aliphatic carboxylic acids is 1. The summed E-state index contributed by atoms with van der Waals surface area (Å²) in [6.45, 7) is 1.60. The highest BCUT2D eigenvalue weighted by Crippen LogP contribution is 2.32. The zero-order valence-electron chi connectivity index (χ0n) is 9.36. The molecule has 86 valence electrons. The molecule has 0 heterocycles. The standard InChI is InChI=1S/C13H16O3/c1-8(13(15)16)11-6-9-4-2-3-5-10(9)7-12(11)14/h6-8,14H,2-5H2,1H3,(H,15,16). The Morgan fingerprint density at radius 3 is 2.38 bits per heavy atom. The van der Waals surface area contributed by atoms with E-state index in [2.05, 4.69) is 0 Å². The molecule has 0 aromatic heterocycles. The Hall–Kier alpha value is -1.51. The molecule has 2 N–H and O–H groups in total. The first-order valence-corrected chi connectivity index (χ1v) is 5.67. The van der Waals surface area contributed by atoms with Gasteiger partial charge in [0.2, 0.25) is 0 Å². The normalized spacial score (nSPS) is 16.6. The van der Waals surface area contributed by atoms with Crippen LogP contribution in [-0.4, -0.2) is 16.2 Å². The molecule has 1 aromatic rings. The van der Waals surface area contributed by atoms with Crippen molar-refractivity contribution < 1.29 is 15.0 Å². The van der Waals surface area contributed by atoms with Crippen LogP contribution in [0.5, 0.6) is 5.75 Å². The number of hydrogen-bond donors (Lipinski definition) is 2. The Morgan fingerprint density at radius 2 is 1.81 bits per heavy atom. The first-order valence-electron chi connectivity index (χ1n) is 5.67. The average Bonchev–Trinajstić information content (AvgIpc) is 2.27. The molecular weight excluding hydrogens is 204 g/mol. The highest BCUT2D eigenvalue weighted by atomic mass is 16.4. The minimum absolute atomic E-state index is 0.121. The summed E-state index contributed by atoms with van der Waals surface area (Å²) in [6.07, 6.45) is 4.29. The Bertz CT molecular complexity index is 423. The molecule has 0 saturated heterocycles. The van der Waals surface area contributed by atoms with Crippen LogP contribution in [0.15, 0.2) is 12.1 Å². The van der Waals surface area contributed by atoms with Crippen LogP contribution in [0.1, 0.15) is 42.4 Å². The number of hydrogen-bond acceptors (Lipinski definition) is 2. The summed E-state index contributed by atoms with van der Waals surface area (Å²) in [5.74, 6) is -1.42. The van der Waals surface area contributed by atoms with Gasteiger partial charge in [-0.2, -0.15) is 0 Å². The minimum Gasteiger partial charge on any atom is -0.508 e. The van der Waals surface area contributed by atoms with Crippen molar-refractivity contribution in [1.29, 1.82) is 0 Å². The molecular formula is C13H16O3. The Labute approximate surface area is 94.7 Å². The first-order chi connectivity index (χ1) is 7.59. The van der Waals surface area contributed by atoms with Crippen molar-refractivity contribution in [3.63, 3.8) is 0 Å². The Kier molecular flexibility index (Phi) is 2.86. The molecule has 0 aliphatic heterocycles. The van der Waals surface area contributed by atoms with Crippen molar-refractivity contribution in [2.24, 2.45) is 0 Å². The Morgan fingerprint density at radius 1 is 1.25 bits per heavy atom. The lowest BCUT2D eigenvalue weighted by atomic mass is 9.87. The molecule has 0 saturated carbocycles. The maximum Gasteiger partial charge on any atom is 0.310 e. The number of benzene rings is 1. The van der Waals surface area contributed by atoms with Gasteiger partial charge in [0.15, 0.2) is 0 Å². The summed E-state index contributed by atoms with van der Waals surface area (Å²) in [4.78, 5) is 10.9. The second-order valence-electron chi connectivity index (χ2n) is 4.45. The van der Waals surface area contributed by atoms with Crippen LogP contribution >= 0.6 is 0 Å². The quantitative estimate of drug-likeness (QED) is 0.804. The van der Waals surface area contributed by atoms with Gasteiger partial charge in [0, 0.05) is 5.56 Å². The third kappa shape index (κ3) is 1.90. The van der Waals surface area contributed by atoms with Crippen molar-refractivity contribution in [3.05, 3.63) is 28.8 Å². The largest absolute Gasteiger partial charge is 0.508 e. The van der Waals surface area contributed by atoms with Gasteiger partial charge >= 0.3 is 5.97 Å². The van der Waals surface area contributed by atoms with E-state index in [0.29, 0.717) is 5.56 Å². The molecule has 0 bridgehead atoms. The fourth-order valence-corrected chi connectivity index (χ4v) is 2.27. The molecule has 0 fully saturated rings. The van der Waals surface area contributed by atoms with Crippen molar-refractivity contribution in [3.8, 4) is 5.75 Å². The van der Waals surface area contributed by atoms with Gasteiger partial charge < -0.3 is 10.2 Å². The molecule has 0 radical (unpaired) electrons. The van der Waals surface area contributed by atoms with Gasteiger partial charge in [0.1, 0.15) is 5.75 Å². The van der Waals surface area contributed by atoms with Crippen LogP contribution < -0.4 is 0 Å². The number of rotatable bonds is 2. The molecule has 3 nitrogen and oxygen atoms in total. The van der Waals surface area contributed by atoms with Gasteiger partial charge in [-0.1, -0.05) is 6.07 Å². The predicted molar refractivity (Wildman–Crippen MR) is 60.8 cm³/mol. The molecule has 1 unspecified atom stereocenters. The SMILES string of the molecule is CC(C(=O)O)c1cc2c(cc1O)CCCC2. The van der Waals surface area contributed by atoms with Gasteiger partial charge in [-0.25, -0.2) is 0 Å². The zero-order chi connectivity index (χ0) is 11.7. The van der Waals surface area contributed by atoms with Crippen molar-refractivity contribution >= 4 is 5.97 Å². The van der Waals surface area contributed by atoms with Crippen LogP contribution in [-0.2, 0) is 17.6 Å². The highest BCUT2D eigenvalue weighted by Gasteiger charge is 2.20. The third-order valence-electron chi connectivity index (χ3n) is 3.33. The van der Waals surface area contributed by atoms with E-state index in [9.17, 15) is 9.90 Å². The number of phenolic OH excluding ortho intramolecular Hbond substituents is 1. The van der Waals surface area contributed by atoms with Crippen molar-refractivity contribution in [2.75, 3.05) is 0 Å². The van der Waals surface area contributed by atoms with Crippen LogP contribution in [0.2, 0.25) is 0 Å². The van der Waals surface area contributed by atoms with Gasteiger partial charge in [0.05, 0.1) is 5.92 Å². The maximum atomic E-state index is 10.9. The topological polar surface area (TPSA) is 57.5 Å². The molecule has 16 heavy (non-hydrogen) atoms. The highest BCUT2D eigenvalue weighted by molar-refractivity contribution is 5.76. The van der Waals surface area contributed by atoms with Gasteiger partial charge in [0.25, 0.3) is 0 Å². The van der Waals surface area contributed by atoms with E-state index in [1.165, 1.54) is 11.1 Å². The number of carboxylic acid groups (broad SMARTS) is 1. The lowest BCUT2D eigenvalue weighted by molar-refractivity contribution is -0.138. The second kappa shape index (κ2) is 4.16. The molecule has 0 amide bonds. The number of aryl methyl sites for hydroxylation is 2. The molecule has 1 aromatic carbocycles. The van der Waals surface area contributed by atoms with Crippen molar-refractivity contribution in [1.82, 2.24) is 0 Å². The van der Waals surface area contributed by atoms with Gasteiger partial charge in [-0.15, -0.1) is 0 Å². The van der Waals surface area contributed by atoms with E-state index in [1.54, 1.807) is 13.0 Å². The summed E-state index contributed by atoms with van der Waals surface area (Å²) >= 11 is 0. The number of carbonyl (C=O) groups is 1. The van der Waals surface area contributed by atoms with E-state index in [0.717, 1.165) is 25.7 Å². The zero-order valence-corrected chi connectivity index (χ0v) is 9.36. The number of phenols is 1. The summed E-state index contributed by atoms with van der Waals surface area (Å²) < 4.78 is 0. The minimum atomic E-state index is -0.897. The number of fused-ring (bicyclic) bond motifs is 1. The average molecular weight is 220 g/mol. The van der Waals surface area contributed by atoms with E-state index >= 15 is 0 Å². The van der Waals surface area contributed by atoms with Crippen LogP contribution in [0, 0.1) is 0 Å². The Balaban J connectivity index is 2.43. The van der Waals surface area contributed by atoms with E-state index in [4.69, 9.17) is 5.11 Å². The fourth-order valence-electron chi connectivity index (χ4n) is 2.27. The molecule has 0 spiro atoms. The molecule has 2 rings (SSSR count). The summed E-state index contributed by atoms with van der Waals surface area (Å²) in [5, 5.41) is 18.8. The summed E-state index contributed by atoms with van der Waals surface area (Å²) in [6, 6.07) is 3.60. The monoisotopic (exact) mass is 220 g/mol. The maximum absolute atomic E-state index is 10.9. The first kappa shape index (κ1) is 11.0. The molecule has 1 atom stereocenters. The van der Waals surface area contributed by atoms with Crippen LogP contribution in [0.25, 0.3) is 0 Å². The van der Waals surface area contributed by atoms with Crippen LogP contribution in [0.3, 0.4) is 0 Å².